The number of hydrogen-bond donors (Lipinski definition) is 0. The van der Waals surface area contributed by atoms with Gasteiger partial charge in [0, 0.05) is 33.0 Å². The summed E-state index contributed by atoms with van der Waals surface area (Å²) in [7, 11) is 0. The number of aromatic nitrogens is 4. The molecule has 242 valence electrons. The van der Waals surface area contributed by atoms with Gasteiger partial charge < -0.3 is 0 Å². The summed E-state index contributed by atoms with van der Waals surface area (Å²) < 4.78 is 0. The van der Waals surface area contributed by atoms with Crippen molar-refractivity contribution in [2.24, 2.45) is 0 Å². The third-order valence-electron chi connectivity index (χ3n) is 9.84. The molecule has 3 heterocycles. The van der Waals surface area contributed by atoms with Crippen LogP contribution in [0.15, 0.2) is 182 Å². The third kappa shape index (κ3) is 5.26. The first kappa shape index (κ1) is 29.8. The number of benzene rings is 7. The zero-order valence-electron chi connectivity index (χ0n) is 28.1. The number of rotatable bonds is 5. The molecule has 0 spiro atoms. The average molecular weight is 663 g/mol. The molecule has 3 aromatic heterocycles. The second-order valence-corrected chi connectivity index (χ2v) is 13.1. The van der Waals surface area contributed by atoms with Gasteiger partial charge in [-0.05, 0) is 52.2 Å². The van der Waals surface area contributed by atoms with Crippen molar-refractivity contribution < 1.29 is 0 Å². The van der Waals surface area contributed by atoms with Crippen LogP contribution in [0.25, 0.3) is 99.8 Å². The zero-order chi connectivity index (χ0) is 34.4. The van der Waals surface area contributed by atoms with Crippen molar-refractivity contribution in [2.45, 2.75) is 0 Å². The summed E-state index contributed by atoms with van der Waals surface area (Å²) in [6, 6.07) is 63.2. The molecule has 0 fully saturated rings. The first-order valence-corrected chi connectivity index (χ1v) is 17.5. The molecule has 0 aliphatic carbocycles. The predicted octanol–water partition coefficient (Wildman–Crippen LogP) is 12.2. The highest BCUT2D eigenvalue weighted by molar-refractivity contribution is 6.05. The Morgan fingerprint density at radius 1 is 0.288 bits per heavy atom. The Morgan fingerprint density at radius 2 is 0.827 bits per heavy atom. The maximum atomic E-state index is 5.23. The van der Waals surface area contributed by atoms with Gasteiger partial charge in [0.15, 0.2) is 0 Å². The summed E-state index contributed by atoms with van der Waals surface area (Å²) >= 11 is 0. The highest BCUT2D eigenvalue weighted by atomic mass is 14.8. The summed E-state index contributed by atoms with van der Waals surface area (Å²) in [5.41, 5.74) is 13.7. The zero-order valence-corrected chi connectivity index (χ0v) is 28.1. The molecule has 10 aromatic rings. The van der Waals surface area contributed by atoms with Crippen LogP contribution in [-0.4, -0.2) is 19.9 Å². The molecule has 4 nitrogen and oxygen atoms in total. The highest BCUT2D eigenvalue weighted by Crippen LogP contribution is 2.36. The fraction of sp³-hybridized carbons (Fsp3) is 0. The molecule has 0 radical (unpaired) electrons. The Hall–Kier alpha value is -7.04. The van der Waals surface area contributed by atoms with Gasteiger partial charge in [-0.15, -0.1) is 0 Å². The van der Waals surface area contributed by atoms with Crippen molar-refractivity contribution in [3.05, 3.63) is 182 Å². The topological polar surface area (TPSA) is 51.6 Å². The van der Waals surface area contributed by atoms with E-state index in [1.807, 2.05) is 54.6 Å². The molecule has 0 atom stereocenters. The van der Waals surface area contributed by atoms with Crippen LogP contribution in [0.5, 0.6) is 0 Å². The van der Waals surface area contributed by atoms with E-state index in [9.17, 15) is 0 Å². The lowest BCUT2D eigenvalue weighted by Crippen LogP contribution is -1.96. The van der Waals surface area contributed by atoms with Crippen molar-refractivity contribution in [1.82, 2.24) is 19.9 Å². The Morgan fingerprint density at radius 3 is 1.46 bits per heavy atom. The van der Waals surface area contributed by atoms with Gasteiger partial charge in [-0.2, -0.15) is 0 Å². The Kier molecular flexibility index (Phi) is 7.10. The lowest BCUT2D eigenvalue weighted by atomic mass is 9.95. The van der Waals surface area contributed by atoms with E-state index < -0.39 is 0 Å². The number of fused-ring (bicyclic) bond motifs is 5. The lowest BCUT2D eigenvalue weighted by molar-refractivity contribution is 1.29. The van der Waals surface area contributed by atoms with Gasteiger partial charge in [-0.3, -0.25) is 0 Å². The maximum absolute atomic E-state index is 5.23. The average Bonchev–Trinajstić information content (AvgIpc) is 3.23. The van der Waals surface area contributed by atoms with Gasteiger partial charge in [0.1, 0.15) is 0 Å². The molecule has 10 rings (SSSR count). The SMILES string of the molecule is c1ccc(-c2ccc3ccc4ccc(-c5ccc6c(-c7ccc8nc(-c9ccccc9)c(-c9ccccc9)nc8c7)cccc6c5)nc4c3n2)cc1. The molecule has 0 N–H and O–H groups in total. The number of hydrogen-bond acceptors (Lipinski definition) is 4. The van der Waals surface area contributed by atoms with Crippen LogP contribution in [0.1, 0.15) is 0 Å². The van der Waals surface area contributed by atoms with E-state index in [4.69, 9.17) is 19.9 Å². The summed E-state index contributed by atoms with van der Waals surface area (Å²) in [6.45, 7) is 0. The van der Waals surface area contributed by atoms with E-state index in [0.29, 0.717) is 0 Å². The van der Waals surface area contributed by atoms with Crippen LogP contribution in [0.2, 0.25) is 0 Å². The smallest absolute Gasteiger partial charge is 0.0973 e. The number of pyridine rings is 2. The molecule has 0 aliphatic heterocycles. The van der Waals surface area contributed by atoms with Crippen molar-refractivity contribution >= 4 is 43.6 Å². The van der Waals surface area contributed by atoms with E-state index in [1.165, 1.54) is 5.39 Å². The summed E-state index contributed by atoms with van der Waals surface area (Å²) in [4.78, 5) is 20.7. The van der Waals surface area contributed by atoms with Crippen molar-refractivity contribution in [1.29, 1.82) is 0 Å². The van der Waals surface area contributed by atoms with E-state index in [0.717, 1.165) is 94.4 Å². The molecule has 0 aliphatic rings. The Labute approximate surface area is 300 Å². The minimum Gasteiger partial charge on any atom is -0.245 e. The van der Waals surface area contributed by atoms with Gasteiger partial charge >= 0.3 is 0 Å². The van der Waals surface area contributed by atoms with Gasteiger partial charge in [0.05, 0.1) is 44.8 Å². The molecular weight excluding hydrogens is 633 g/mol. The quantitative estimate of drug-likeness (QED) is 0.172. The van der Waals surface area contributed by atoms with Crippen LogP contribution in [0, 0.1) is 0 Å². The van der Waals surface area contributed by atoms with Gasteiger partial charge in [0.2, 0.25) is 0 Å². The van der Waals surface area contributed by atoms with Crippen LogP contribution < -0.4 is 0 Å². The molecule has 52 heavy (non-hydrogen) atoms. The Balaban J connectivity index is 1.06. The first-order valence-electron chi connectivity index (χ1n) is 17.5. The summed E-state index contributed by atoms with van der Waals surface area (Å²) in [6.07, 6.45) is 0. The minimum atomic E-state index is 0.862. The largest absolute Gasteiger partial charge is 0.245 e. The molecule has 0 bridgehead atoms. The van der Waals surface area contributed by atoms with E-state index >= 15 is 0 Å². The van der Waals surface area contributed by atoms with Crippen LogP contribution >= 0.6 is 0 Å². The second-order valence-electron chi connectivity index (χ2n) is 13.1. The van der Waals surface area contributed by atoms with Crippen molar-refractivity contribution in [3.63, 3.8) is 0 Å². The van der Waals surface area contributed by atoms with Crippen molar-refractivity contribution in [2.75, 3.05) is 0 Å². The molecule has 0 amide bonds. The molecular formula is C48H30N4. The monoisotopic (exact) mass is 662 g/mol. The molecule has 0 unspecified atom stereocenters. The fourth-order valence-corrected chi connectivity index (χ4v) is 7.21. The van der Waals surface area contributed by atoms with Crippen molar-refractivity contribution in [3.8, 4) is 56.2 Å². The summed E-state index contributed by atoms with van der Waals surface area (Å²) in [5.74, 6) is 0. The minimum absolute atomic E-state index is 0.862. The maximum Gasteiger partial charge on any atom is 0.0973 e. The molecule has 7 aromatic carbocycles. The normalized spacial score (nSPS) is 11.5. The molecule has 0 saturated heterocycles. The summed E-state index contributed by atoms with van der Waals surface area (Å²) in [5, 5.41) is 4.47. The standard InChI is InChI=1S/C48H30N4/c1-4-11-31(12-5-1)41-26-22-34-19-20-35-23-27-42(50-48(35)47(34)49-41)38-21-25-40-36(29-38)17-10-18-39(40)37-24-28-43-44(30-37)52-46(33-15-8-3-9-16-33)45(51-43)32-13-6-2-7-14-32/h1-30H. The van der Waals surface area contributed by atoms with Crippen LogP contribution in [-0.2, 0) is 0 Å². The first-order chi connectivity index (χ1) is 25.7. The van der Waals surface area contributed by atoms with Gasteiger partial charge in [-0.25, -0.2) is 19.9 Å². The van der Waals surface area contributed by atoms with E-state index in [-0.39, 0.29) is 0 Å². The van der Waals surface area contributed by atoms with Crippen LogP contribution in [0.4, 0.5) is 0 Å². The lowest BCUT2D eigenvalue weighted by Gasteiger charge is -2.13. The van der Waals surface area contributed by atoms with E-state index in [2.05, 4.69) is 127 Å². The Bertz CT molecular complexity index is 2940. The molecule has 4 heteroatoms. The van der Waals surface area contributed by atoms with E-state index in [1.54, 1.807) is 0 Å². The van der Waals surface area contributed by atoms with Gasteiger partial charge in [0.25, 0.3) is 0 Å². The molecule has 0 saturated carbocycles. The highest BCUT2D eigenvalue weighted by Gasteiger charge is 2.15. The second kappa shape index (κ2) is 12.4. The third-order valence-corrected chi connectivity index (χ3v) is 9.84. The number of nitrogens with zero attached hydrogens (tertiary/aromatic N) is 4. The van der Waals surface area contributed by atoms with Gasteiger partial charge in [-0.1, -0.05) is 152 Å². The van der Waals surface area contributed by atoms with Crippen LogP contribution in [0.3, 0.4) is 0 Å². The fourth-order valence-electron chi connectivity index (χ4n) is 7.21. The predicted molar refractivity (Wildman–Crippen MR) is 215 cm³/mol.